The van der Waals surface area contributed by atoms with E-state index < -0.39 is 10.0 Å². The van der Waals surface area contributed by atoms with Crippen LogP contribution in [0.25, 0.3) is 0 Å². The minimum absolute atomic E-state index is 0.126. The van der Waals surface area contributed by atoms with Gasteiger partial charge in [-0.25, -0.2) is 13.4 Å². The highest BCUT2D eigenvalue weighted by Crippen LogP contribution is 2.36. The van der Waals surface area contributed by atoms with E-state index in [2.05, 4.69) is 22.0 Å². The molecule has 0 saturated carbocycles. The Kier molecular flexibility index (Phi) is 5.19. The standard InChI is InChI=1S/C21H27N3O2S/c1-17-7-10-19(11-8-17)27(25,26)24-15-5-6-20(24)18-9-12-21(22-16-18)23-13-3-2-4-14-23/h7-12,16,20H,2-6,13-15H2,1H3/t20-/m0/s1. The molecule has 0 spiro atoms. The lowest BCUT2D eigenvalue weighted by Crippen LogP contribution is -2.31. The minimum atomic E-state index is -3.49. The second-order valence-electron chi connectivity index (χ2n) is 7.58. The lowest BCUT2D eigenvalue weighted by Gasteiger charge is -2.28. The van der Waals surface area contributed by atoms with Crippen LogP contribution < -0.4 is 4.90 Å². The second-order valence-corrected chi connectivity index (χ2v) is 9.47. The molecule has 0 bridgehead atoms. The van der Waals surface area contributed by atoms with Gasteiger partial charge in [0, 0.05) is 25.8 Å². The van der Waals surface area contributed by atoms with Gasteiger partial charge in [-0.3, -0.25) is 0 Å². The maximum absolute atomic E-state index is 13.1. The molecule has 3 heterocycles. The monoisotopic (exact) mass is 385 g/mol. The third kappa shape index (κ3) is 3.73. The molecule has 2 aliphatic rings. The number of hydrogen-bond acceptors (Lipinski definition) is 4. The molecular weight excluding hydrogens is 358 g/mol. The van der Waals surface area contributed by atoms with E-state index in [4.69, 9.17) is 0 Å². The second kappa shape index (κ2) is 7.60. The Hall–Kier alpha value is -1.92. The largest absolute Gasteiger partial charge is 0.357 e. The molecule has 2 fully saturated rings. The molecule has 1 aromatic carbocycles. The summed E-state index contributed by atoms with van der Waals surface area (Å²) in [7, 11) is -3.49. The molecule has 144 valence electrons. The van der Waals surface area contributed by atoms with E-state index in [0.29, 0.717) is 11.4 Å². The van der Waals surface area contributed by atoms with Crippen LogP contribution in [0, 0.1) is 6.92 Å². The first-order valence-electron chi connectivity index (χ1n) is 9.85. The molecule has 0 aliphatic carbocycles. The van der Waals surface area contributed by atoms with Gasteiger partial charge in [0.05, 0.1) is 10.9 Å². The molecule has 1 atom stereocenters. The summed E-state index contributed by atoms with van der Waals surface area (Å²) in [5.74, 6) is 1.00. The van der Waals surface area contributed by atoms with Gasteiger partial charge in [0.1, 0.15) is 5.82 Å². The summed E-state index contributed by atoms with van der Waals surface area (Å²) in [6.45, 7) is 4.65. The Labute approximate surface area is 162 Å². The summed E-state index contributed by atoms with van der Waals surface area (Å²) in [5.41, 5.74) is 2.05. The van der Waals surface area contributed by atoms with Crippen molar-refractivity contribution in [2.45, 2.75) is 50.0 Å². The number of rotatable bonds is 4. The SMILES string of the molecule is Cc1ccc(S(=O)(=O)N2CCC[C@H]2c2ccc(N3CCCCC3)nc2)cc1. The van der Waals surface area contributed by atoms with Gasteiger partial charge < -0.3 is 4.90 Å². The van der Waals surface area contributed by atoms with Gasteiger partial charge in [-0.1, -0.05) is 23.8 Å². The molecule has 0 unspecified atom stereocenters. The fourth-order valence-electron chi connectivity index (χ4n) is 4.11. The van der Waals surface area contributed by atoms with Crippen molar-refractivity contribution in [2.75, 3.05) is 24.5 Å². The summed E-state index contributed by atoms with van der Waals surface area (Å²) >= 11 is 0. The molecule has 0 N–H and O–H groups in total. The van der Waals surface area contributed by atoms with Crippen LogP contribution >= 0.6 is 0 Å². The molecule has 0 radical (unpaired) electrons. The first kappa shape index (κ1) is 18.4. The number of nitrogens with zero attached hydrogens (tertiary/aromatic N) is 3. The van der Waals surface area contributed by atoms with E-state index >= 15 is 0 Å². The first-order chi connectivity index (χ1) is 13.1. The van der Waals surface area contributed by atoms with Gasteiger partial charge in [-0.15, -0.1) is 0 Å². The van der Waals surface area contributed by atoms with Crippen LogP contribution in [0.1, 0.15) is 49.3 Å². The van der Waals surface area contributed by atoms with E-state index in [1.807, 2.05) is 25.3 Å². The third-order valence-electron chi connectivity index (χ3n) is 5.67. The van der Waals surface area contributed by atoms with Crippen molar-refractivity contribution in [2.24, 2.45) is 0 Å². The van der Waals surface area contributed by atoms with Crippen LogP contribution in [0.2, 0.25) is 0 Å². The summed E-state index contributed by atoms with van der Waals surface area (Å²) in [6.07, 6.45) is 7.32. The predicted octanol–water partition coefficient (Wildman–Crippen LogP) is 3.91. The molecule has 5 nitrogen and oxygen atoms in total. The highest BCUT2D eigenvalue weighted by Gasteiger charge is 2.36. The van der Waals surface area contributed by atoms with Gasteiger partial charge in [0.15, 0.2) is 0 Å². The number of aryl methyl sites for hydroxylation is 1. The van der Waals surface area contributed by atoms with Gasteiger partial charge in [0.2, 0.25) is 10.0 Å². The van der Waals surface area contributed by atoms with Crippen molar-refractivity contribution in [1.82, 2.24) is 9.29 Å². The van der Waals surface area contributed by atoms with Crippen molar-refractivity contribution in [3.8, 4) is 0 Å². The average molecular weight is 386 g/mol. The molecule has 0 amide bonds. The van der Waals surface area contributed by atoms with Crippen LogP contribution in [-0.2, 0) is 10.0 Å². The quantitative estimate of drug-likeness (QED) is 0.801. The van der Waals surface area contributed by atoms with Gasteiger partial charge in [-0.2, -0.15) is 4.31 Å². The van der Waals surface area contributed by atoms with Gasteiger partial charge >= 0.3 is 0 Å². The van der Waals surface area contributed by atoms with Crippen LogP contribution in [0.15, 0.2) is 47.5 Å². The number of hydrogen-bond donors (Lipinski definition) is 0. The van der Waals surface area contributed by atoms with Gasteiger partial charge in [-0.05, 0) is 62.8 Å². The van der Waals surface area contributed by atoms with E-state index in [1.165, 1.54) is 19.3 Å². The van der Waals surface area contributed by atoms with Crippen molar-refractivity contribution < 1.29 is 8.42 Å². The Morgan fingerprint density at radius 1 is 0.926 bits per heavy atom. The zero-order valence-electron chi connectivity index (χ0n) is 15.8. The van der Waals surface area contributed by atoms with Crippen LogP contribution in [0.3, 0.4) is 0 Å². The van der Waals surface area contributed by atoms with Crippen LogP contribution in [0.4, 0.5) is 5.82 Å². The summed E-state index contributed by atoms with van der Waals surface area (Å²) < 4.78 is 27.9. The van der Waals surface area contributed by atoms with Crippen molar-refractivity contribution in [3.63, 3.8) is 0 Å². The maximum atomic E-state index is 13.1. The summed E-state index contributed by atoms with van der Waals surface area (Å²) in [4.78, 5) is 7.35. The molecule has 2 aromatic rings. The number of pyridine rings is 1. The molecule has 1 aromatic heterocycles. The highest BCUT2D eigenvalue weighted by atomic mass is 32.2. The van der Waals surface area contributed by atoms with Crippen molar-refractivity contribution in [1.29, 1.82) is 0 Å². The maximum Gasteiger partial charge on any atom is 0.243 e. The predicted molar refractivity (Wildman–Crippen MR) is 107 cm³/mol. The zero-order chi connectivity index (χ0) is 18.9. The van der Waals surface area contributed by atoms with Crippen molar-refractivity contribution >= 4 is 15.8 Å². The van der Waals surface area contributed by atoms with Gasteiger partial charge in [0.25, 0.3) is 0 Å². The molecule has 2 aliphatic heterocycles. The lowest BCUT2D eigenvalue weighted by atomic mass is 10.1. The Morgan fingerprint density at radius 2 is 1.67 bits per heavy atom. The fourth-order valence-corrected chi connectivity index (χ4v) is 5.79. The Morgan fingerprint density at radius 3 is 2.33 bits per heavy atom. The number of benzene rings is 1. The number of sulfonamides is 1. The van der Waals surface area contributed by atoms with E-state index in [0.717, 1.165) is 42.9 Å². The minimum Gasteiger partial charge on any atom is -0.357 e. The lowest BCUT2D eigenvalue weighted by molar-refractivity contribution is 0.396. The molecule has 27 heavy (non-hydrogen) atoms. The van der Waals surface area contributed by atoms with Crippen LogP contribution in [-0.4, -0.2) is 37.3 Å². The molecule has 6 heteroatoms. The number of aromatic nitrogens is 1. The van der Waals surface area contributed by atoms with E-state index in [9.17, 15) is 8.42 Å². The van der Waals surface area contributed by atoms with Crippen molar-refractivity contribution in [3.05, 3.63) is 53.7 Å². The molecule has 4 rings (SSSR count). The van der Waals surface area contributed by atoms with E-state index in [1.54, 1.807) is 16.4 Å². The fraction of sp³-hybridized carbons (Fsp3) is 0.476. The van der Waals surface area contributed by atoms with Crippen LogP contribution in [0.5, 0.6) is 0 Å². The molecule has 2 saturated heterocycles. The highest BCUT2D eigenvalue weighted by molar-refractivity contribution is 7.89. The van der Waals surface area contributed by atoms with E-state index in [-0.39, 0.29) is 6.04 Å². The average Bonchev–Trinajstić information content (AvgIpc) is 3.20. The normalized spacial score (nSPS) is 21.5. The number of anilines is 1. The topological polar surface area (TPSA) is 53.5 Å². The molecular formula is C21H27N3O2S. The first-order valence-corrected chi connectivity index (χ1v) is 11.3. The summed E-state index contributed by atoms with van der Waals surface area (Å²) in [5, 5.41) is 0. The Bertz CT molecular complexity index is 873. The number of piperidine rings is 1. The Balaban J connectivity index is 1.56. The summed E-state index contributed by atoms with van der Waals surface area (Å²) in [6, 6.07) is 11.1. The zero-order valence-corrected chi connectivity index (χ0v) is 16.7. The smallest absolute Gasteiger partial charge is 0.243 e. The third-order valence-corrected chi connectivity index (χ3v) is 7.59.